The molecule has 6 atom stereocenters. The molecule has 6 heteroatoms. The maximum atomic E-state index is 12.9. The van der Waals surface area contributed by atoms with E-state index in [4.69, 9.17) is 11.6 Å². The number of hydrogen-bond donors (Lipinski definition) is 1. The van der Waals surface area contributed by atoms with Gasteiger partial charge in [-0.05, 0) is 54.7 Å². The van der Waals surface area contributed by atoms with Crippen LogP contribution < -0.4 is 5.32 Å². The number of amides is 3. The number of imide groups is 1. The number of hydrogen-bond acceptors (Lipinski definition) is 3. The molecule has 0 spiro atoms. The standard InChI is InChI=1S/C21H21ClN2O3/c1-10-2-3-11(22)8-16(10)23-17(25)6-7-24-20(26)18-12-4-5-13(15-9-14(12)15)19(18)21(24)27/h2-5,8,12-15,18-19H,6-7,9H2,1H3,(H,23,25)/t12-,13-,14-,15-,18+,19+/m1/s1. The fourth-order valence-electron chi connectivity index (χ4n) is 5.39. The van der Waals surface area contributed by atoms with Gasteiger partial charge in [0.2, 0.25) is 17.7 Å². The summed E-state index contributed by atoms with van der Waals surface area (Å²) in [5.74, 6) is 0.828. The maximum Gasteiger partial charge on any atom is 0.233 e. The summed E-state index contributed by atoms with van der Waals surface area (Å²) >= 11 is 5.98. The molecule has 2 bridgehead atoms. The molecule has 140 valence electrons. The van der Waals surface area contributed by atoms with Gasteiger partial charge in [0.15, 0.2) is 0 Å². The Bertz CT molecular complexity index is 859. The summed E-state index contributed by atoms with van der Waals surface area (Å²) in [6.07, 6.45) is 5.56. The molecule has 1 aliphatic heterocycles. The topological polar surface area (TPSA) is 66.5 Å². The quantitative estimate of drug-likeness (QED) is 0.641. The minimum Gasteiger partial charge on any atom is -0.326 e. The van der Waals surface area contributed by atoms with E-state index >= 15 is 0 Å². The molecule has 1 aromatic rings. The molecule has 1 saturated heterocycles. The van der Waals surface area contributed by atoms with E-state index in [-0.39, 0.29) is 54.4 Å². The lowest BCUT2D eigenvalue weighted by atomic mass is 9.63. The highest BCUT2D eigenvalue weighted by molar-refractivity contribution is 6.31. The van der Waals surface area contributed by atoms with Gasteiger partial charge in [0.05, 0.1) is 11.8 Å². The van der Waals surface area contributed by atoms with Crippen LogP contribution in [0.15, 0.2) is 30.4 Å². The van der Waals surface area contributed by atoms with Crippen LogP contribution in [0.1, 0.15) is 18.4 Å². The average molecular weight is 385 g/mol. The molecular weight excluding hydrogens is 364 g/mol. The summed E-state index contributed by atoms with van der Waals surface area (Å²) in [5.41, 5.74) is 1.57. The number of nitrogens with one attached hydrogen (secondary N) is 1. The van der Waals surface area contributed by atoms with Gasteiger partial charge in [0, 0.05) is 23.7 Å². The number of carbonyl (C=O) groups excluding carboxylic acids is 3. The third-order valence-electron chi connectivity index (χ3n) is 6.79. The molecule has 6 rings (SSSR count). The van der Waals surface area contributed by atoms with Crippen LogP contribution >= 0.6 is 11.6 Å². The highest BCUT2D eigenvalue weighted by atomic mass is 35.5. The molecule has 0 aromatic heterocycles. The van der Waals surface area contributed by atoms with Gasteiger partial charge >= 0.3 is 0 Å². The van der Waals surface area contributed by atoms with E-state index in [1.807, 2.05) is 13.0 Å². The Morgan fingerprint density at radius 3 is 2.41 bits per heavy atom. The van der Waals surface area contributed by atoms with Crippen molar-refractivity contribution in [1.82, 2.24) is 4.90 Å². The van der Waals surface area contributed by atoms with E-state index in [1.54, 1.807) is 12.1 Å². The molecule has 1 N–H and O–H groups in total. The van der Waals surface area contributed by atoms with Crippen molar-refractivity contribution < 1.29 is 14.4 Å². The highest BCUT2D eigenvalue weighted by Crippen LogP contribution is 2.65. The Kier molecular flexibility index (Phi) is 3.73. The van der Waals surface area contributed by atoms with Crippen molar-refractivity contribution in [2.45, 2.75) is 19.8 Å². The van der Waals surface area contributed by atoms with Crippen LogP contribution in [0.2, 0.25) is 5.02 Å². The van der Waals surface area contributed by atoms with Crippen molar-refractivity contribution in [1.29, 1.82) is 0 Å². The lowest BCUT2D eigenvalue weighted by molar-refractivity contribution is -0.140. The fraction of sp³-hybridized carbons (Fsp3) is 0.476. The number of allylic oxidation sites excluding steroid dienone is 2. The Labute approximate surface area is 162 Å². The van der Waals surface area contributed by atoms with Crippen molar-refractivity contribution >= 4 is 35.0 Å². The highest BCUT2D eigenvalue weighted by Gasteiger charge is 2.66. The van der Waals surface area contributed by atoms with Gasteiger partial charge in [0.1, 0.15) is 0 Å². The van der Waals surface area contributed by atoms with Crippen molar-refractivity contribution in [3.8, 4) is 0 Å². The monoisotopic (exact) mass is 384 g/mol. The molecule has 1 aromatic carbocycles. The second kappa shape index (κ2) is 5.93. The molecule has 5 aliphatic rings. The van der Waals surface area contributed by atoms with Gasteiger partial charge in [-0.2, -0.15) is 0 Å². The van der Waals surface area contributed by atoms with E-state index < -0.39 is 0 Å². The van der Waals surface area contributed by atoms with Gasteiger partial charge in [-0.25, -0.2) is 0 Å². The van der Waals surface area contributed by atoms with Crippen molar-refractivity contribution in [2.24, 2.45) is 35.5 Å². The Morgan fingerprint density at radius 2 is 1.78 bits per heavy atom. The molecular formula is C21H21ClN2O3. The largest absolute Gasteiger partial charge is 0.326 e. The van der Waals surface area contributed by atoms with Crippen LogP contribution in [0.25, 0.3) is 0 Å². The maximum absolute atomic E-state index is 12.9. The first-order valence-electron chi connectivity index (χ1n) is 9.55. The van der Waals surface area contributed by atoms with Crippen LogP contribution in [0, 0.1) is 42.4 Å². The number of anilines is 1. The Hall–Kier alpha value is -2.14. The van der Waals surface area contributed by atoms with E-state index in [1.165, 1.54) is 4.90 Å². The molecule has 2 saturated carbocycles. The normalized spacial score (nSPS) is 35.3. The summed E-state index contributed by atoms with van der Waals surface area (Å²) in [5, 5.41) is 3.37. The lowest BCUT2D eigenvalue weighted by Crippen LogP contribution is -2.40. The number of nitrogens with zero attached hydrogens (tertiary/aromatic N) is 1. The number of rotatable bonds is 4. The van der Waals surface area contributed by atoms with Crippen LogP contribution in [0.4, 0.5) is 5.69 Å². The number of carbonyl (C=O) groups is 3. The summed E-state index contributed by atoms with van der Waals surface area (Å²) in [6.45, 7) is 2.03. The second-order valence-corrected chi connectivity index (χ2v) is 8.68. The first-order chi connectivity index (χ1) is 13.0. The van der Waals surface area contributed by atoms with Gasteiger partial charge in [0.25, 0.3) is 0 Å². The van der Waals surface area contributed by atoms with Gasteiger partial charge in [-0.3, -0.25) is 19.3 Å². The number of benzene rings is 1. The minimum atomic E-state index is -0.222. The van der Waals surface area contributed by atoms with Gasteiger partial charge < -0.3 is 5.32 Å². The molecule has 4 aliphatic carbocycles. The Balaban J connectivity index is 1.26. The van der Waals surface area contributed by atoms with E-state index in [9.17, 15) is 14.4 Å². The smallest absolute Gasteiger partial charge is 0.233 e. The zero-order chi connectivity index (χ0) is 18.9. The molecule has 3 fully saturated rings. The molecule has 0 unspecified atom stereocenters. The number of aryl methyl sites for hydroxylation is 1. The minimum absolute atomic E-state index is 0.0820. The fourth-order valence-corrected chi connectivity index (χ4v) is 5.57. The first-order valence-corrected chi connectivity index (χ1v) is 9.93. The predicted octanol–water partition coefficient (Wildman–Crippen LogP) is 3.03. The van der Waals surface area contributed by atoms with Crippen LogP contribution in [0.3, 0.4) is 0 Å². The lowest BCUT2D eigenvalue weighted by Gasteiger charge is -2.37. The van der Waals surface area contributed by atoms with Crippen molar-refractivity contribution in [3.05, 3.63) is 40.9 Å². The van der Waals surface area contributed by atoms with E-state index in [2.05, 4.69) is 17.5 Å². The Morgan fingerprint density at radius 1 is 1.15 bits per heavy atom. The van der Waals surface area contributed by atoms with Crippen LogP contribution in [-0.2, 0) is 14.4 Å². The number of halogens is 1. The van der Waals surface area contributed by atoms with E-state index in [0.717, 1.165) is 12.0 Å². The van der Waals surface area contributed by atoms with Crippen LogP contribution in [-0.4, -0.2) is 29.2 Å². The van der Waals surface area contributed by atoms with Gasteiger partial charge in [-0.15, -0.1) is 0 Å². The van der Waals surface area contributed by atoms with E-state index in [0.29, 0.717) is 22.5 Å². The molecule has 0 radical (unpaired) electrons. The molecule has 1 heterocycles. The van der Waals surface area contributed by atoms with Gasteiger partial charge in [-0.1, -0.05) is 29.8 Å². The zero-order valence-corrected chi connectivity index (χ0v) is 15.8. The third kappa shape index (κ3) is 2.55. The van der Waals surface area contributed by atoms with Crippen molar-refractivity contribution in [3.63, 3.8) is 0 Å². The average Bonchev–Trinajstić information content (AvgIpc) is 3.42. The zero-order valence-electron chi connectivity index (χ0n) is 15.0. The third-order valence-corrected chi connectivity index (χ3v) is 7.03. The number of likely N-dealkylation sites (tertiary alicyclic amines) is 1. The SMILES string of the molecule is Cc1ccc(Cl)cc1NC(=O)CCN1C(=O)[C@H]2[C@@H]3C=C[C@H]([C@H]4C[C@H]34)[C@@H]2C1=O. The summed E-state index contributed by atoms with van der Waals surface area (Å²) in [4.78, 5) is 39.5. The predicted molar refractivity (Wildman–Crippen MR) is 101 cm³/mol. The van der Waals surface area contributed by atoms with Crippen molar-refractivity contribution in [2.75, 3.05) is 11.9 Å². The van der Waals surface area contributed by atoms with Crippen LogP contribution in [0.5, 0.6) is 0 Å². The molecule has 5 nitrogen and oxygen atoms in total. The summed E-state index contributed by atoms with van der Waals surface area (Å²) in [7, 11) is 0. The summed E-state index contributed by atoms with van der Waals surface area (Å²) < 4.78 is 0. The molecule has 3 amide bonds. The second-order valence-electron chi connectivity index (χ2n) is 8.24. The summed E-state index contributed by atoms with van der Waals surface area (Å²) in [6, 6.07) is 5.30. The molecule has 27 heavy (non-hydrogen) atoms. The first kappa shape index (κ1) is 17.0.